The normalized spacial score (nSPS) is 19.5. The number of anilines is 1. The summed E-state index contributed by atoms with van der Waals surface area (Å²) in [6.07, 6.45) is 0.966. The fourth-order valence-electron chi connectivity index (χ4n) is 2.52. The molecule has 0 aromatic heterocycles. The number of nitrogens with one attached hydrogen (secondary N) is 1. The van der Waals surface area contributed by atoms with Gasteiger partial charge in [0.2, 0.25) is 11.8 Å². The van der Waals surface area contributed by atoms with Crippen LogP contribution in [0.1, 0.15) is 19.8 Å². The predicted octanol–water partition coefficient (Wildman–Crippen LogP) is 1.64. The number of nitrogens with zero attached hydrogens (tertiary/aromatic N) is 2. The molecule has 1 N–H and O–H groups in total. The van der Waals surface area contributed by atoms with Crippen LogP contribution in [0.2, 0.25) is 0 Å². The first kappa shape index (κ1) is 16.5. The average Bonchev–Trinajstić information content (AvgIpc) is 2.85. The lowest BCUT2D eigenvalue weighted by Crippen LogP contribution is -2.36. The van der Waals surface area contributed by atoms with Crippen molar-refractivity contribution >= 4 is 40.4 Å². The lowest BCUT2D eigenvalue weighted by molar-refractivity contribution is -0.132. The van der Waals surface area contributed by atoms with E-state index < -0.39 is 11.2 Å². The summed E-state index contributed by atoms with van der Waals surface area (Å²) < 4.78 is 4.93. The molecule has 2 amide bonds. The molecule has 1 saturated heterocycles. The van der Waals surface area contributed by atoms with Gasteiger partial charge in [-0.15, -0.1) is 0 Å². The molecule has 0 radical (unpaired) electrons. The number of hydrogen-bond acceptors (Lipinski definition) is 6. The maximum Gasteiger partial charge on any atom is 0.308 e. The van der Waals surface area contributed by atoms with Gasteiger partial charge in [-0.2, -0.15) is 0 Å². The highest BCUT2D eigenvalue weighted by Gasteiger charge is 2.39. The van der Waals surface area contributed by atoms with Crippen molar-refractivity contribution in [2.45, 2.75) is 25.0 Å². The van der Waals surface area contributed by atoms with Gasteiger partial charge in [0, 0.05) is 32.1 Å². The second kappa shape index (κ2) is 7.04. The smallest absolute Gasteiger partial charge is 0.308 e. The number of rotatable bonds is 4. The highest BCUT2D eigenvalue weighted by Crippen LogP contribution is 2.31. The van der Waals surface area contributed by atoms with Crippen LogP contribution in [0.3, 0.4) is 0 Å². The Morgan fingerprint density at radius 3 is 2.79 bits per heavy atom. The average molecular weight is 347 g/mol. The van der Waals surface area contributed by atoms with Gasteiger partial charge in [0.05, 0.1) is 0 Å². The zero-order valence-electron chi connectivity index (χ0n) is 13.2. The molecule has 1 unspecified atom stereocenters. The van der Waals surface area contributed by atoms with Crippen molar-refractivity contribution in [2.24, 2.45) is 4.99 Å². The number of carbonyl (C=O) groups is 3. The van der Waals surface area contributed by atoms with Gasteiger partial charge in [-0.1, -0.05) is 11.8 Å². The number of esters is 1. The molecule has 0 bridgehead atoms. The third-order valence-electron chi connectivity index (χ3n) is 3.58. The summed E-state index contributed by atoms with van der Waals surface area (Å²) >= 11 is 1.36. The Labute approximate surface area is 143 Å². The zero-order chi connectivity index (χ0) is 17.1. The topological polar surface area (TPSA) is 88.1 Å². The van der Waals surface area contributed by atoms with Crippen LogP contribution in [0.25, 0.3) is 0 Å². The minimum Gasteiger partial charge on any atom is -0.427 e. The Morgan fingerprint density at radius 2 is 2.12 bits per heavy atom. The van der Waals surface area contributed by atoms with Crippen LogP contribution in [-0.4, -0.2) is 46.2 Å². The summed E-state index contributed by atoms with van der Waals surface area (Å²) in [4.78, 5) is 41.3. The SMILES string of the molecule is CC(=O)Oc1ccc(NC(=O)CC2SC3=NCCCN3C2=O)cc1. The predicted molar refractivity (Wildman–Crippen MR) is 91.0 cm³/mol. The number of aliphatic imine (C=N–C) groups is 1. The highest BCUT2D eigenvalue weighted by atomic mass is 32.2. The molecule has 126 valence electrons. The molecule has 2 aliphatic heterocycles. The van der Waals surface area contributed by atoms with Crippen LogP contribution in [0.15, 0.2) is 29.3 Å². The Morgan fingerprint density at radius 1 is 1.38 bits per heavy atom. The van der Waals surface area contributed by atoms with Crippen LogP contribution < -0.4 is 10.1 Å². The molecule has 24 heavy (non-hydrogen) atoms. The molecule has 0 saturated carbocycles. The van der Waals surface area contributed by atoms with E-state index in [2.05, 4.69) is 10.3 Å². The van der Waals surface area contributed by atoms with E-state index in [1.807, 2.05) is 0 Å². The molecule has 1 aromatic carbocycles. The van der Waals surface area contributed by atoms with Crippen LogP contribution in [0.4, 0.5) is 5.69 Å². The van der Waals surface area contributed by atoms with Gasteiger partial charge in [0.25, 0.3) is 0 Å². The lowest BCUT2D eigenvalue weighted by Gasteiger charge is -2.19. The van der Waals surface area contributed by atoms with E-state index in [0.717, 1.165) is 18.1 Å². The third-order valence-corrected chi connectivity index (χ3v) is 4.79. The number of hydrogen-bond donors (Lipinski definition) is 1. The van der Waals surface area contributed by atoms with Crippen molar-refractivity contribution in [1.29, 1.82) is 0 Å². The molecule has 2 aliphatic rings. The monoisotopic (exact) mass is 347 g/mol. The van der Waals surface area contributed by atoms with E-state index in [-0.39, 0.29) is 18.2 Å². The molecule has 1 atom stereocenters. The van der Waals surface area contributed by atoms with Crippen LogP contribution >= 0.6 is 11.8 Å². The van der Waals surface area contributed by atoms with Crippen molar-refractivity contribution in [2.75, 3.05) is 18.4 Å². The number of carbonyl (C=O) groups excluding carboxylic acids is 3. The number of amidine groups is 1. The highest BCUT2D eigenvalue weighted by molar-refractivity contribution is 8.15. The Bertz CT molecular complexity index is 702. The van der Waals surface area contributed by atoms with Gasteiger partial charge in [-0.25, -0.2) is 0 Å². The fraction of sp³-hybridized carbons (Fsp3) is 0.375. The van der Waals surface area contributed by atoms with E-state index in [1.165, 1.54) is 18.7 Å². The number of thioether (sulfide) groups is 1. The number of ether oxygens (including phenoxy) is 1. The van der Waals surface area contributed by atoms with Crippen LogP contribution in [-0.2, 0) is 14.4 Å². The van der Waals surface area contributed by atoms with Gasteiger partial charge in [-0.05, 0) is 30.7 Å². The maximum absolute atomic E-state index is 12.3. The summed E-state index contributed by atoms with van der Waals surface area (Å²) in [7, 11) is 0. The quantitative estimate of drug-likeness (QED) is 0.661. The van der Waals surface area contributed by atoms with Crippen molar-refractivity contribution in [1.82, 2.24) is 4.90 Å². The van der Waals surface area contributed by atoms with Crippen molar-refractivity contribution in [3.05, 3.63) is 24.3 Å². The molecular weight excluding hydrogens is 330 g/mol. The fourth-order valence-corrected chi connectivity index (χ4v) is 3.71. The number of amides is 2. The largest absolute Gasteiger partial charge is 0.427 e. The van der Waals surface area contributed by atoms with Crippen molar-refractivity contribution in [3.8, 4) is 5.75 Å². The molecule has 0 aliphatic carbocycles. The van der Waals surface area contributed by atoms with Crippen LogP contribution in [0.5, 0.6) is 5.75 Å². The first-order valence-corrected chi connectivity index (χ1v) is 8.52. The van der Waals surface area contributed by atoms with E-state index >= 15 is 0 Å². The summed E-state index contributed by atoms with van der Waals surface area (Å²) in [6, 6.07) is 6.49. The Kier molecular flexibility index (Phi) is 4.84. The Balaban J connectivity index is 1.56. The first-order chi connectivity index (χ1) is 11.5. The molecule has 3 rings (SSSR count). The molecule has 7 nitrogen and oxygen atoms in total. The summed E-state index contributed by atoms with van der Waals surface area (Å²) in [5, 5.41) is 3.06. The van der Waals surface area contributed by atoms with Gasteiger partial charge in [-0.3, -0.25) is 24.3 Å². The van der Waals surface area contributed by atoms with E-state index in [0.29, 0.717) is 18.0 Å². The maximum atomic E-state index is 12.3. The van der Waals surface area contributed by atoms with E-state index in [1.54, 1.807) is 29.2 Å². The Hall–Kier alpha value is -2.35. The second-order valence-electron chi connectivity index (χ2n) is 5.48. The molecule has 2 heterocycles. The van der Waals surface area contributed by atoms with Gasteiger partial charge < -0.3 is 10.1 Å². The minimum absolute atomic E-state index is 0.0428. The standard InChI is InChI=1S/C16H17N3O4S/c1-10(20)23-12-5-3-11(4-6-12)18-14(21)9-13-15(22)19-8-2-7-17-16(19)24-13/h3-6,13H,2,7-9H2,1H3,(H,18,21). The van der Waals surface area contributed by atoms with Gasteiger partial charge in [0.1, 0.15) is 11.0 Å². The van der Waals surface area contributed by atoms with Crippen molar-refractivity contribution in [3.63, 3.8) is 0 Å². The summed E-state index contributed by atoms with van der Waals surface area (Å²) in [6.45, 7) is 2.74. The van der Waals surface area contributed by atoms with Crippen LogP contribution in [0, 0.1) is 0 Å². The van der Waals surface area contributed by atoms with E-state index in [9.17, 15) is 14.4 Å². The zero-order valence-corrected chi connectivity index (χ0v) is 14.0. The molecule has 1 fully saturated rings. The number of fused-ring (bicyclic) bond motifs is 1. The first-order valence-electron chi connectivity index (χ1n) is 7.64. The molecule has 8 heteroatoms. The van der Waals surface area contributed by atoms with Gasteiger partial charge in [0.15, 0.2) is 5.17 Å². The van der Waals surface area contributed by atoms with Crippen molar-refractivity contribution < 1.29 is 19.1 Å². The third kappa shape index (κ3) is 3.76. The molecular formula is C16H17N3O4S. The van der Waals surface area contributed by atoms with E-state index in [4.69, 9.17) is 4.74 Å². The lowest BCUT2D eigenvalue weighted by atomic mass is 10.2. The number of benzene rings is 1. The second-order valence-corrected chi connectivity index (χ2v) is 6.65. The summed E-state index contributed by atoms with van der Waals surface area (Å²) in [5.74, 6) is -0.264. The minimum atomic E-state index is -0.415. The van der Waals surface area contributed by atoms with Gasteiger partial charge >= 0.3 is 5.97 Å². The molecule has 0 spiro atoms. The molecule has 1 aromatic rings. The summed E-state index contributed by atoms with van der Waals surface area (Å²) in [5.41, 5.74) is 0.585.